The van der Waals surface area contributed by atoms with Crippen molar-refractivity contribution in [2.45, 2.75) is 102 Å². The fourth-order valence-electron chi connectivity index (χ4n) is 5.27. The molecule has 0 N–H and O–H groups in total. The van der Waals surface area contributed by atoms with Crippen molar-refractivity contribution in [3.05, 3.63) is 15.8 Å². The van der Waals surface area contributed by atoms with Gasteiger partial charge in [-0.05, 0) is 82.4 Å². The highest BCUT2D eigenvalue weighted by Gasteiger charge is 2.43. The summed E-state index contributed by atoms with van der Waals surface area (Å²) in [5.41, 5.74) is 1.00. The molecular formula is C24H40ClN5O3Si. The van der Waals surface area contributed by atoms with Crippen LogP contribution in [0.4, 0.5) is 0 Å². The Balaban J connectivity index is 1.73. The average Bonchev–Trinajstić information content (AvgIpc) is 3.40. The van der Waals surface area contributed by atoms with Gasteiger partial charge in [-0.15, -0.1) is 0 Å². The quantitative estimate of drug-likeness (QED) is 0.413. The van der Waals surface area contributed by atoms with Crippen LogP contribution in [0.5, 0.6) is 5.88 Å². The van der Waals surface area contributed by atoms with Crippen LogP contribution in [0.1, 0.15) is 65.8 Å². The fourth-order valence-corrected chi connectivity index (χ4v) is 6.81. The Morgan fingerprint density at radius 3 is 2.44 bits per heavy atom. The highest BCUT2D eigenvalue weighted by Crippen LogP contribution is 2.42. The maximum atomic E-state index is 13.5. The molecule has 0 unspecified atom stereocenters. The Bertz CT molecular complexity index is 1110. The van der Waals surface area contributed by atoms with Gasteiger partial charge in [-0.1, -0.05) is 20.8 Å². The molecule has 34 heavy (non-hydrogen) atoms. The second kappa shape index (κ2) is 9.22. The van der Waals surface area contributed by atoms with E-state index in [9.17, 15) is 4.79 Å². The van der Waals surface area contributed by atoms with Gasteiger partial charge in [0.25, 0.3) is 0 Å². The minimum atomic E-state index is -2.00. The molecule has 0 aromatic carbocycles. The Kier molecular flexibility index (Phi) is 6.96. The van der Waals surface area contributed by atoms with Gasteiger partial charge < -0.3 is 9.16 Å². The Labute approximate surface area is 208 Å². The number of aromatic nitrogens is 4. The van der Waals surface area contributed by atoms with Crippen LogP contribution >= 0.6 is 11.6 Å². The number of aryl methyl sites for hydroxylation is 1. The molecule has 1 aliphatic heterocycles. The standard InChI is InChI=1S/C24H40ClN5O3Si/c1-15(16-12-10-14-28(16)5)32-21-19-20(26-22(25)27-21)30(23(31)29(19)6)17-11-9-13-18(17)33-34(7,8)24(2,3)4/h15-18H,9-14H2,1-8H3/t15-,16-,17-,18-/m0/s1. The molecule has 1 saturated heterocycles. The first-order valence-electron chi connectivity index (χ1n) is 12.5. The number of rotatable bonds is 6. The largest absolute Gasteiger partial charge is 0.471 e. The molecule has 2 aliphatic rings. The first-order valence-corrected chi connectivity index (χ1v) is 15.8. The number of likely N-dealkylation sites (N-methyl/N-ethyl adjacent to an activating group) is 1. The summed E-state index contributed by atoms with van der Waals surface area (Å²) in [4.78, 5) is 24.8. The topological polar surface area (TPSA) is 74.4 Å². The number of likely N-dealkylation sites (tertiary alicyclic amines) is 1. The second-order valence-corrected chi connectivity index (χ2v) is 16.7. The lowest BCUT2D eigenvalue weighted by Crippen LogP contribution is -2.45. The average molecular weight is 510 g/mol. The lowest BCUT2D eigenvalue weighted by Gasteiger charge is -2.40. The van der Waals surface area contributed by atoms with Crippen molar-refractivity contribution in [3.8, 4) is 5.88 Å². The third kappa shape index (κ3) is 4.56. The Morgan fingerprint density at radius 1 is 1.12 bits per heavy atom. The van der Waals surface area contributed by atoms with E-state index >= 15 is 0 Å². The number of imidazole rings is 1. The van der Waals surface area contributed by atoms with Crippen molar-refractivity contribution in [3.63, 3.8) is 0 Å². The fraction of sp³-hybridized carbons (Fsp3) is 0.792. The van der Waals surface area contributed by atoms with Gasteiger partial charge in [-0.25, -0.2) is 4.79 Å². The molecule has 0 amide bonds. The zero-order valence-corrected chi connectivity index (χ0v) is 23.6. The summed E-state index contributed by atoms with van der Waals surface area (Å²) in [6, 6.07) is 0.225. The molecule has 4 rings (SSSR count). The third-order valence-electron chi connectivity index (χ3n) is 8.28. The van der Waals surface area contributed by atoms with E-state index in [0.29, 0.717) is 23.1 Å². The van der Waals surface area contributed by atoms with Gasteiger partial charge in [0.1, 0.15) is 6.10 Å². The van der Waals surface area contributed by atoms with E-state index in [-0.39, 0.29) is 34.3 Å². The predicted octanol–water partition coefficient (Wildman–Crippen LogP) is 4.76. The molecule has 4 atom stereocenters. The van der Waals surface area contributed by atoms with E-state index < -0.39 is 8.32 Å². The van der Waals surface area contributed by atoms with Crippen molar-refractivity contribution in [2.75, 3.05) is 13.6 Å². The number of hydrogen-bond donors (Lipinski definition) is 0. The number of hydrogen-bond acceptors (Lipinski definition) is 6. The van der Waals surface area contributed by atoms with Crippen molar-refractivity contribution in [1.82, 2.24) is 24.0 Å². The number of fused-ring (bicyclic) bond motifs is 1. The molecule has 2 fully saturated rings. The molecular weight excluding hydrogens is 470 g/mol. The second-order valence-electron chi connectivity index (χ2n) is 11.6. The lowest BCUT2D eigenvalue weighted by atomic mass is 10.1. The third-order valence-corrected chi connectivity index (χ3v) is 13.0. The molecule has 0 spiro atoms. The summed E-state index contributed by atoms with van der Waals surface area (Å²) in [5.74, 6) is 0.376. The maximum absolute atomic E-state index is 13.5. The van der Waals surface area contributed by atoms with Crippen molar-refractivity contribution >= 4 is 31.1 Å². The zero-order chi connectivity index (χ0) is 25.0. The minimum Gasteiger partial charge on any atom is -0.471 e. The van der Waals surface area contributed by atoms with Gasteiger partial charge >= 0.3 is 5.69 Å². The molecule has 0 bridgehead atoms. The summed E-state index contributed by atoms with van der Waals surface area (Å²) >= 11 is 6.38. The van der Waals surface area contributed by atoms with Crippen LogP contribution in [-0.2, 0) is 11.5 Å². The summed E-state index contributed by atoms with van der Waals surface area (Å²) in [6.07, 6.45) is 4.96. The summed E-state index contributed by atoms with van der Waals surface area (Å²) in [7, 11) is 1.88. The summed E-state index contributed by atoms with van der Waals surface area (Å²) < 4.78 is 16.5. The highest BCUT2D eigenvalue weighted by atomic mass is 35.5. The molecule has 10 heteroatoms. The van der Waals surface area contributed by atoms with Crippen LogP contribution in [0.3, 0.4) is 0 Å². The molecule has 3 heterocycles. The Hall–Kier alpha value is -1.42. The van der Waals surface area contributed by atoms with E-state index in [4.69, 9.17) is 20.8 Å². The normalized spacial score (nSPS) is 25.4. The zero-order valence-electron chi connectivity index (χ0n) is 21.9. The van der Waals surface area contributed by atoms with Crippen molar-refractivity contribution < 1.29 is 9.16 Å². The van der Waals surface area contributed by atoms with Gasteiger partial charge in [0, 0.05) is 13.1 Å². The van der Waals surface area contributed by atoms with Gasteiger partial charge in [0.2, 0.25) is 11.2 Å². The Morgan fingerprint density at radius 2 is 1.82 bits per heavy atom. The number of nitrogens with zero attached hydrogens (tertiary/aromatic N) is 5. The SMILES string of the molecule is C[C@H](Oc1nc(Cl)nc2c1n(C)c(=O)n2[C@H]1CCC[C@@H]1O[Si](C)(C)C(C)(C)C)[C@@H]1CCCN1C. The number of halogens is 1. The first-order chi connectivity index (χ1) is 15.8. The van der Waals surface area contributed by atoms with Gasteiger partial charge in [0.15, 0.2) is 19.5 Å². The summed E-state index contributed by atoms with van der Waals surface area (Å²) in [6.45, 7) is 14.4. The van der Waals surface area contributed by atoms with Crippen LogP contribution in [0.2, 0.25) is 23.4 Å². The molecule has 190 valence electrons. The maximum Gasteiger partial charge on any atom is 0.330 e. The first kappa shape index (κ1) is 25.7. The summed E-state index contributed by atoms with van der Waals surface area (Å²) in [5, 5.41) is 0.188. The van der Waals surface area contributed by atoms with E-state index in [1.807, 2.05) is 0 Å². The smallest absolute Gasteiger partial charge is 0.330 e. The number of ether oxygens (including phenoxy) is 1. The molecule has 1 aliphatic carbocycles. The van der Waals surface area contributed by atoms with Crippen LogP contribution in [0.15, 0.2) is 4.79 Å². The van der Waals surface area contributed by atoms with Crippen LogP contribution < -0.4 is 10.4 Å². The minimum absolute atomic E-state index is 0.0200. The lowest BCUT2D eigenvalue weighted by molar-refractivity contribution is 0.118. The van der Waals surface area contributed by atoms with Crippen LogP contribution in [0.25, 0.3) is 11.2 Å². The van der Waals surface area contributed by atoms with Crippen LogP contribution in [-0.4, -0.2) is 64.2 Å². The van der Waals surface area contributed by atoms with Gasteiger partial charge in [-0.3, -0.25) is 14.0 Å². The molecule has 0 radical (unpaired) electrons. The van der Waals surface area contributed by atoms with Crippen molar-refractivity contribution in [2.24, 2.45) is 7.05 Å². The van der Waals surface area contributed by atoms with Crippen LogP contribution in [0, 0.1) is 0 Å². The highest BCUT2D eigenvalue weighted by molar-refractivity contribution is 6.74. The van der Waals surface area contributed by atoms with E-state index in [0.717, 1.165) is 38.6 Å². The predicted molar refractivity (Wildman–Crippen MR) is 138 cm³/mol. The molecule has 2 aromatic heterocycles. The molecule has 1 saturated carbocycles. The molecule has 8 nitrogen and oxygen atoms in total. The van der Waals surface area contributed by atoms with Gasteiger partial charge in [-0.2, -0.15) is 9.97 Å². The van der Waals surface area contributed by atoms with Crippen molar-refractivity contribution in [1.29, 1.82) is 0 Å². The molecule has 2 aromatic rings. The van der Waals surface area contributed by atoms with E-state index in [2.05, 4.69) is 62.7 Å². The monoisotopic (exact) mass is 509 g/mol. The van der Waals surface area contributed by atoms with E-state index in [1.54, 1.807) is 16.2 Å². The van der Waals surface area contributed by atoms with E-state index in [1.165, 1.54) is 0 Å². The van der Waals surface area contributed by atoms with Gasteiger partial charge in [0.05, 0.1) is 12.1 Å².